The summed E-state index contributed by atoms with van der Waals surface area (Å²) in [4.78, 5) is 13.6. The maximum Gasteiger partial charge on any atom is 0.293 e. The van der Waals surface area contributed by atoms with E-state index < -0.39 is 14.9 Å². The minimum atomic E-state index is -4.01. The standard InChI is InChI=1S/C17H22N4O4S2.3ClH/c1-20(2)11-13(12-26-14-6-4-3-5-7-14)19-16-9-8-15(27(18,24)25)10-17(16)21(22)23;;;/h3-10,13,19H,11-12H2,1-2H3,(H2,18,24,25);3*1H/t13-;;;/m1.../s1. The van der Waals surface area contributed by atoms with Crippen LogP contribution in [0.1, 0.15) is 0 Å². The Hall–Kier alpha value is -1.27. The summed E-state index contributed by atoms with van der Waals surface area (Å²) in [6, 6.07) is 13.4. The Labute approximate surface area is 199 Å². The molecule has 0 aromatic heterocycles. The van der Waals surface area contributed by atoms with Crippen LogP contribution in [0.4, 0.5) is 11.4 Å². The smallest absolute Gasteiger partial charge is 0.293 e. The van der Waals surface area contributed by atoms with Gasteiger partial charge < -0.3 is 10.2 Å². The van der Waals surface area contributed by atoms with Crippen LogP contribution in [-0.2, 0) is 10.0 Å². The number of nitro benzene ring substituents is 1. The van der Waals surface area contributed by atoms with Crippen molar-refractivity contribution < 1.29 is 13.3 Å². The minimum absolute atomic E-state index is 0. The Morgan fingerprint density at radius 2 is 1.73 bits per heavy atom. The van der Waals surface area contributed by atoms with Gasteiger partial charge in [0.1, 0.15) is 5.69 Å². The van der Waals surface area contributed by atoms with E-state index in [-0.39, 0.29) is 59.5 Å². The Balaban J connectivity index is 0. The fourth-order valence-electron chi connectivity index (χ4n) is 2.48. The first-order chi connectivity index (χ1) is 12.7. The number of benzene rings is 2. The molecule has 0 aliphatic heterocycles. The molecule has 0 aliphatic carbocycles. The summed E-state index contributed by atoms with van der Waals surface area (Å²) in [7, 11) is -0.180. The third-order valence-electron chi connectivity index (χ3n) is 3.63. The first-order valence-corrected chi connectivity index (χ1v) is 10.6. The average molecular weight is 520 g/mol. The third kappa shape index (κ3) is 9.69. The van der Waals surface area contributed by atoms with E-state index in [0.717, 1.165) is 11.0 Å². The van der Waals surface area contributed by atoms with Crippen molar-refractivity contribution in [2.75, 3.05) is 31.7 Å². The van der Waals surface area contributed by atoms with Gasteiger partial charge in [-0.2, -0.15) is 0 Å². The second-order valence-electron chi connectivity index (χ2n) is 6.21. The van der Waals surface area contributed by atoms with Crippen LogP contribution in [0.25, 0.3) is 0 Å². The van der Waals surface area contributed by atoms with Crippen LogP contribution in [0.3, 0.4) is 0 Å². The molecule has 0 amide bonds. The van der Waals surface area contributed by atoms with Crippen LogP contribution in [0.15, 0.2) is 58.3 Å². The maximum absolute atomic E-state index is 11.5. The molecule has 2 rings (SSSR count). The minimum Gasteiger partial charge on any atom is -0.375 e. The second kappa shape index (κ2) is 13.9. The lowest BCUT2D eigenvalue weighted by atomic mass is 10.2. The molecule has 0 heterocycles. The highest BCUT2D eigenvalue weighted by Gasteiger charge is 2.21. The lowest BCUT2D eigenvalue weighted by Crippen LogP contribution is -2.34. The number of halogens is 3. The van der Waals surface area contributed by atoms with E-state index in [2.05, 4.69) is 5.32 Å². The lowest BCUT2D eigenvalue weighted by Gasteiger charge is -2.23. The van der Waals surface area contributed by atoms with E-state index in [4.69, 9.17) is 5.14 Å². The van der Waals surface area contributed by atoms with Crippen LogP contribution in [-0.4, -0.2) is 50.7 Å². The zero-order valence-electron chi connectivity index (χ0n) is 16.3. The molecular formula is C17H25Cl3N4O4S2. The highest BCUT2D eigenvalue weighted by atomic mass is 35.5. The molecule has 0 unspecified atom stereocenters. The molecule has 0 saturated heterocycles. The Kier molecular flexibility index (Phi) is 14.3. The monoisotopic (exact) mass is 518 g/mol. The molecule has 2 aromatic carbocycles. The molecule has 30 heavy (non-hydrogen) atoms. The molecule has 13 heteroatoms. The largest absolute Gasteiger partial charge is 0.375 e. The number of sulfonamides is 1. The molecule has 170 valence electrons. The van der Waals surface area contributed by atoms with Crippen molar-refractivity contribution in [2.24, 2.45) is 5.14 Å². The molecule has 3 N–H and O–H groups in total. The number of nitrogens with two attached hydrogens (primary N) is 1. The normalized spacial score (nSPS) is 11.5. The van der Waals surface area contributed by atoms with Crippen molar-refractivity contribution >= 4 is 70.4 Å². The average Bonchev–Trinajstić information content (AvgIpc) is 2.59. The predicted octanol–water partition coefficient (Wildman–Crippen LogP) is 3.64. The van der Waals surface area contributed by atoms with E-state index in [1.54, 1.807) is 11.8 Å². The number of thioether (sulfide) groups is 1. The lowest BCUT2D eigenvalue weighted by molar-refractivity contribution is -0.384. The van der Waals surface area contributed by atoms with Crippen LogP contribution in [0.5, 0.6) is 0 Å². The van der Waals surface area contributed by atoms with Crippen molar-refractivity contribution in [3.8, 4) is 0 Å². The van der Waals surface area contributed by atoms with Gasteiger partial charge in [-0.1, -0.05) is 18.2 Å². The van der Waals surface area contributed by atoms with Gasteiger partial charge >= 0.3 is 0 Å². The molecule has 0 aliphatic rings. The van der Waals surface area contributed by atoms with E-state index >= 15 is 0 Å². The summed E-state index contributed by atoms with van der Waals surface area (Å²) >= 11 is 1.64. The number of hydrogen-bond acceptors (Lipinski definition) is 7. The number of anilines is 1. The molecule has 0 fully saturated rings. The van der Waals surface area contributed by atoms with Crippen LogP contribution >= 0.6 is 49.0 Å². The number of primary sulfonamides is 1. The summed E-state index contributed by atoms with van der Waals surface area (Å²) < 4.78 is 22.9. The molecule has 1 atom stereocenters. The molecule has 0 bridgehead atoms. The number of likely N-dealkylation sites (N-methyl/N-ethyl adjacent to an activating group) is 1. The number of nitro groups is 1. The van der Waals surface area contributed by atoms with Crippen molar-refractivity contribution in [3.63, 3.8) is 0 Å². The molecule has 0 spiro atoms. The van der Waals surface area contributed by atoms with Crippen molar-refractivity contribution in [1.29, 1.82) is 0 Å². The van der Waals surface area contributed by atoms with Crippen LogP contribution < -0.4 is 10.5 Å². The van der Waals surface area contributed by atoms with Gasteiger partial charge in [-0.05, 0) is 38.4 Å². The molecule has 0 saturated carbocycles. The summed E-state index contributed by atoms with van der Waals surface area (Å²) in [5.74, 6) is 0.677. The fraction of sp³-hybridized carbons (Fsp3) is 0.294. The van der Waals surface area contributed by atoms with Crippen molar-refractivity contribution in [3.05, 3.63) is 58.6 Å². The predicted molar refractivity (Wildman–Crippen MR) is 129 cm³/mol. The van der Waals surface area contributed by atoms with Crippen molar-refractivity contribution in [1.82, 2.24) is 4.90 Å². The zero-order valence-corrected chi connectivity index (χ0v) is 20.3. The summed E-state index contributed by atoms with van der Waals surface area (Å²) in [5, 5.41) is 19.6. The van der Waals surface area contributed by atoms with Crippen LogP contribution in [0.2, 0.25) is 0 Å². The first-order valence-electron chi connectivity index (χ1n) is 8.07. The molecular weight excluding hydrogens is 495 g/mol. The molecule has 2 aromatic rings. The van der Waals surface area contributed by atoms with Gasteiger partial charge in [-0.15, -0.1) is 49.0 Å². The van der Waals surface area contributed by atoms with Crippen LogP contribution in [0, 0.1) is 10.1 Å². The zero-order chi connectivity index (χ0) is 20.0. The summed E-state index contributed by atoms with van der Waals surface area (Å²) in [6.07, 6.45) is 0. The topological polar surface area (TPSA) is 119 Å². The summed E-state index contributed by atoms with van der Waals surface area (Å²) in [6.45, 7) is 0.647. The SMILES string of the molecule is CN(C)C[C@H](CSc1ccccc1)Nc1ccc(S(N)(=O)=O)cc1[N+](=O)[O-].Cl.Cl.Cl. The number of rotatable bonds is 9. The second-order valence-corrected chi connectivity index (χ2v) is 8.86. The van der Waals surface area contributed by atoms with Crippen molar-refractivity contribution in [2.45, 2.75) is 15.8 Å². The van der Waals surface area contributed by atoms with E-state index in [1.807, 2.05) is 49.3 Å². The number of hydrogen-bond donors (Lipinski definition) is 2. The molecule has 8 nitrogen and oxygen atoms in total. The number of nitrogens with zero attached hydrogens (tertiary/aromatic N) is 2. The third-order valence-corrected chi connectivity index (χ3v) is 5.72. The fourth-order valence-corrected chi connectivity index (χ4v) is 3.94. The van der Waals surface area contributed by atoms with Gasteiger partial charge in [0.05, 0.1) is 9.82 Å². The van der Waals surface area contributed by atoms with Gasteiger partial charge in [0.15, 0.2) is 0 Å². The Morgan fingerprint density at radius 1 is 1.13 bits per heavy atom. The van der Waals surface area contributed by atoms with E-state index in [9.17, 15) is 18.5 Å². The van der Waals surface area contributed by atoms with Gasteiger partial charge in [0.2, 0.25) is 10.0 Å². The number of nitrogens with one attached hydrogen (secondary N) is 1. The highest BCUT2D eigenvalue weighted by Crippen LogP contribution is 2.29. The molecule has 0 radical (unpaired) electrons. The Bertz CT molecular complexity index is 903. The quantitative estimate of drug-likeness (QED) is 0.295. The van der Waals surface area contributed by atoms with E-state index in [0.29, 0.717) is 12.3 Å². The van der Waals surface area contributed by atoms with E-state index in [1.165, 1.54) is 12.1 Å². The van der Waals surface area contributed by atoms with Gasteiger partial charge in [0.25, 0.3) is 5.69 Å². The van der Waals surface area contributed by atoms with Gasteiger partial charge in [-0.3, -0.25) is 10.1 Å². The maximum atomic E-state index is 11.5. The highest BCUT2D eigenvalue weighted by molar-refractivity contribution is 7.99. The van der Waals surface area contributed by atoms with Gasteiger partial charge in [-0.25, -0.2) is 13.6 Å². The summed E-state index contributed by atoms with van der Waals surface area (Å²) in [5.41, 5.74) is -0.0668. The Morgan fingerprint density at radius 3 is 2.23 bits per heavy atom. The van der Waals surface area contributed by atoms with Gasteiger partial charge in [0, 0.05) is 29.3 Å². The first kappa shape index (κ1) is 30.9.